The highest BCUT2D eigenvalue weighted by atomic mass is 16.2. The van der Waals surface area contributed by atoms with Crippen LogP contribution >= 0.6 is 0 Å². The quantitative estimate of drug-likeness (QED) is 0.275. The van der Waals surface area contributed by atoms with Gasteiger partial charge in [0.2, 0.25) is 0 Å². The van der Waals surface area contributed by atoms with Crippen molar-refractivity contribution >= 4 is 39.9 Å². The fourth-order valence-electron chi connectivity index (χ4n) is 3.85. The second kappa shape index (κ2) is 9.59. The minimum absolute atomic E-state index is 0.274. The Balaban J connectivity index is 1.31. The van der Waals surface area contributed by atoms with Gasteiger partial charge in [0.05, 0.1) is 34.5 Å². The van der Waals surface area contributed by atoms with Crippen LogP contribution in [0, 0.1) is 0 Å². The van der Waals surface area contributed by atoms with Gasteiger partial charge in [-0.05, 0) is 60.2 Å². The van der Waals surface area contributed by atoms with Gasteiger partial charge in [-0.1, -0.05) is 24.3 Å². The van der Waals surface area contributed by atoms with Crippen LogP contribution in [0.5, 0.6) is 0 Å². The number of carbonyl (C=O) groups is 2. The number of nitrogens with one attached hydrogen (secondary N) is 3. The van der Waals surface area contributed by atoms with E-state index in [1.165, 1.54) is 6.20 Å². The average Bonchev–Trinajstić information content (AvgIpc) is 3.20. The highest BCUT2D eigenvalue weighted by Gasteiger charge is 2.12. The van der Waals surface area contributed by atoms with E-state index < -0.39 is 0 Å². The van der Waals surface area contributed by atoms with Crippen molar-refractivity contribution in [2.45, 2.75) is 6.54 Å². The molecule has 0 atom stereocenters. The molecule has 0 aliphatic rings. The molecule has 2 heterocycles. The predicted molar refractivity (Wildman–Crippen MR) is 139 cm³/mol. The zero-order valence-electron chi connectivity index (χ0n) is 19.1. The lowest BCUT2D eigenvalue weighted by Gasteiger charge is -2.09. The van der Waals surface area contributed by atoms with Gasteiger partial charge in [-0.25, -0.2) is 4.79 Å². The van der Waals surface area contributed by atoms with E-state index in [1.54, 1.807) is 89.6 Å². The Hall–Kier alpha value is -5.18. The minimum atomic E-state index is -0.289. The Labute approximate surface area is 205 Å². The first kappa shape index (κ1) is 22.6. The number of aromatic amines is 1. The van der Waals surface area contributed by atoms with Crippen molar-refractivity contribution in [3.8, 4) is 0 Å². The monoisotopic (exact) mass is 478 g/mol. The number of carbonyl (C=O) groups excluding carboxylic acids is 2. The molecular formula is C27H22N6O3. The van der Waals surface area contributed by atoms with E-state index >= 15 is 0 Å². The standard InChI is InChI=1S/C27H22N6O3/c28-21-5-1-2-6-22(21)31-25(34)18-9-7-17(8-10-18)16-33-24-12-11-20(14-23(24)32-27(33)36)30-26(35)19-4-3-13-29-15-19/h1-15H,16,28H2,(H,30,35)(H,31,34)(H,32,36). The Morgan fingerprint density at radius 2 is 1.67 bits per heavy atom. The number of H-pyrrole nitrogens is 1. The third-order valence-electron chi connectivity index (χ3n) is 5.72. The third kappa shape index (κ3) is 4.71. The minimum Gasteiger partial charge on any atom is -0.397 e. The summed E-state index contributed by atoms with van der Waals surface area (Å²) in [5.41, 5.74) is 10.3. The number of rotatable bonds is 6. The van der Waals surface area contributed by atoms with Crippen LogP contribution in [0.15, 0.2) is 96.1 Å². The van der Waals surface area contributed by atoms with E-state index in [2.05, 4.69) is 20.6 Å². The molecule has 178 valence electrons. The summed E-state index contributed by atoms with van der Waals surface area (Å²) in [6.45, 7) is 0.313. The summed E-state index contributed by atoms with van der Waals surface area (Å²) >= 11 is 0. The molecule has 0 saturated heterocycles. The van der Waals surface area contributed by atoms with E-state index in [9.17, 15) is 14.4 Å². The lowest BCUT2D eigenvalue weighted by atomic mass is 10.1. The molecule has 5 aromatic rings. The molecule has 0 bridgehead atoms. The number of imidazole rings is 1. The molecule has 9 nitrogen and oxygen atoms in total. The van der Waals surface area contributed by atoms with Crippen molar-refractivity contribution in [2.24, 2.45) is 0 Å². The highest BCUT2D eigenvalue weighted by Crippen LogP contribution is 2.20. The predicted octanol–water partition coefficient (Wildman–Crippen LogP) is 3.86. The number of nitrogen functional groups attached to an aromatic ring is 1. The summed E-state index contributed by atoms with van der Waals surface area (Å²) in [5, 5.41) is 5.61. The van der Waals surface area contributed by atoms with Crippen molar-refractivity contribution in [1.82, 2.24) is 14.5 Å². The zero-order valence-corrected chi connectivity index (χ0v) is 19.1. The lowest BCUT2D eigenvalue weighted by molar-refractivity contribution is 0.101. The summed E-state index contributed by atoms with van der Waals surface area (Å²) in [7, 11) is 0. The SMILES string of the molecule is Nc1ccccc1NC(=O)c1ccc(Cn2c(=O)[nH]c3cc(NC(=O)c4cccnc4)ccc32)cc1. The number of para-hydroxylation sites is 2. The maximum atomic E-state index is 12.6. The lowest BCUT2D eigenvalue weighted by Crippen LogP contribution is -2.17. The first-order valence-electron chi connectivity index (χ1n) is 11.2. The second-order valence-electron chi connectivity index (χ2n) is 8.18. The summed E-state index contributed by atoms with van der Waals surface area (Å²) in [6.07, 6.45) is 3.08. The largest absolute Gasteiger partial charge is 0.397 e. The number of hydrogen-bond donors (Lipinski definition) is 4. The van der Waals surface area contributed by atoms with Crippen LogP contribution in [0.1, 0.15) is 26.3 Å². The summed E-state index contributed by atoms with van der Waals surface area (Å²) in [6, 6.07) is 22.7. The van der Waals surface area contributed by atoms with Crippen LogP contribution in [0.3, 0.4) is 0 Å². The molecule has 3 aromatic carbocycles. The highest BCUT2D eigenvalue weighted by molar-refractivity contribution is 6.06. The molecule has 0 aliphatic heterocycles. The molecule has 0 saturated carbocycles. The van der Waals surface area contributed by atoms with Crippen LogP contribution in [0.25, 0.3) is 11.0 Å². The van der Waals surface area contributed by atoms with Crippen molar-refractivity contribution < 1.29 is 9.59 Å². The molecule has 9 heteroatoms. The van der Waals surface area contributed by atoms with Crippen LogP contribution in [0.2, 0.25) is 0 Å². The van der Waals surface area contributed by atoms with Gasteiger partial charge in [0.25, 0.3) is 11.8 Å². The fraction of sp³-hybridized carbons (Fsp3) is 0.0370. The Bertz CT molecular complexity index is 1620. The molecule has 0 fully saturated rings. The Morgan fingerprint density at radius 1 is 0.889 bits per heavy atom. The van der Waals surface area contributed by atoms with Gasteiger partial charge in [0, 0.05) is 23.6 Å². The van der Waals surface area contributed by atoms with Gasteiger partial charge in [-0.2, -0.15) is 0 Å². The van der Waals surface area contributed by atoms with Gasteiger partial charge >= 0.3 is 5.69 Å². The number of nitrogens with two attached hydrogens (primary N) is 1. The van der Waals surface area contributed by atoms with Gasteiger partial charge in [-0.15, -0.1) is 0 Å². The number of hydrogen-bond acceptors (Lipinski definition) is 5. The number of fused-ring (bicyclic) bond motifs is 1. The number of pyridine rings is 1. The molecule has 0 aliphatic carbocycles. The number of nitrogens with zero attached hydrogens (tertiary/aromatic N) is 2. The number of aromatic nitrogens is 3. The molecule has 0 unspecified atom stereocenters. The molecule has 2 amide bonds. The summed E-state index contributed by atoms with van der Waals surface area (Å²) < 4.78 is 1.60. The fourth-order valence-corrected chi connectivity index (χ4v) is 3.85. The van der Waals surface area contributed by atoms with Gasteiger partial charge in [0.15, 0.2) is 0 Å². The topological polar surface area (TPSA) is 135 Å². The van der Waals surface area contributed by atoms with Crippen molar-refractivity contribution in [3.63, 3.8) is 0 Å². The molecule has 36 heavy (non-hydrogen) atoms. The molecule has 0 spiro atoms. The smallest absolute Gasteiger partial charge is 0.326 e. The van der Waals surface area contributed by atoms with E-state index in [-0.39, 0.29) is 17.5 Å². The van der Waals surface area contributed by atoms with E-state index in [4.69, 9.17) is 5.73 Å². The first-order valence-corrected chi connectivity index (χ1v) is 11.2. The molecular weight excluding hydrogens is 456 g/mol. The van der Waals surface area contributed by atoms with Crippen LogP contribution < -0.4 is 22.1 Å². The zero-order chi connectivity index (χ0) is 25.1. The Morgan fingerprint density at radius 3 is 2.42 bits per heavy atom. The first-order chi connectivity index (χ1) is 17.5. The maximum absolute atomic E-state index is 12.6. The van der Waals surface area contributed by atoms with Crippen molar-refractivity contribution in [3.05, 3.63) is 118 Å². The number of anilines is 3. The molecule has 5 N–H and O–H groups in total. The maximum Gasteiger partial charge on any atom is 0.326 e. The molecule has 2 aromatic heterocycles. The average molecular weight is 479 g/mol. The van der Waals surface area contributed by atoms with Gasteiger partial charge in [-0.3, -0.25) is 19.1 Å². The summed E-state index contributed by atoms with van der Waals surface area (Å²) in [4.78, 5) is 44.4. The summed E-state index contributed by atoms with van der Waals surface area (Å²) in [5.74, 6) is -0.562. The van der Waals surface area contributed by atoms with Crippen LogP contribution in [-0.4, -0.2) is 26.3 Å². The van der Waals surface area contributed by atoms with E-state index in [0.29, 0.717) is 45.8 Å². The van der Waals surface area contributed by atoms with Crippen LogP contribution in [0.4, 0.5) is 17.1 Å². The normalized spacial score (nSPS) is 10.8. The van der Waals surface area contributed by atoms with Crippen LogP contribution in [-0.2, 0) is 6.54 Å². The molecule has 5 rings (SSSR count). The second-order valence-corrected chi connectivity index (χ2v) is 8.18. The molecule has 0 radical (unpaired) electrons. The van der Waals surface area contributed by atoms with Crippen molar-refractivity contribution in [2.75, 3.05) is 16.4 Å². The van der Waals surface area contributed by atoms with Gasteiger partial charge < -0.3 is 21.4 Å². The van der Waals surface area contributed by atoms with Crippen molar-refractivity contribution in [1.29, 1.82) is 0 Å². The number of benzene rings is 3. The van der Waals surface area contributed by atoms with Gasteiger partial charge in [0.1, 0.15) is 0 Å². The Kier molecular flexibility index (Phi) is 6.02. The van der Waals surface area contributed by atoms with E-state index in [1.807, 2.05) is 0 Å². The van der Waals surface area contributed by atoms with E-state index in [0.717, 1.165) is 5.56 Å². The third-order valence-corrected chi connectivity index (χ3v) is 5.72. The number of amides is 2.